The van der Waals surface area contributed by atoms with E-state index in [0.717, 1.165) is 16.9 Å². The molecule has 118 valence electrons. The second kappa shape index (κ2) is 5.24. The van der Waals surface area contributed by atoms with E-state index in [-0.39, 0.29) is 11.6 Å². The first-order valence-electron chi connectivity index (χ1n) is 6.74. The van der Waals surface area contributed by atoms with E-state index in [0.29, 0.717) is 0 Å². The van der Waals surface area contributed by atoms with Crippen LogP contribution < -0.4 is 9.46 Å². The molecule has 1 aromatic carbocycles. The molecule has 1 aromatic rings. The second-order valence-electron chi connectivity index (χ2n) is 6.23. The molecule has 2 N–H and O–H groups in total. The molecule has 2 rings (SSSR count). The molecule has 1 aliphatic heterocycles. The minimum atomic E-state index is -4.23. The maximum absolute atomic E-state index is 10.9. The molecular weight excluding hydrogens is 292 g/mol. The van der Waals surface area contributed by atoms with E-state index in [4.69, 9.17) is 9.29 Å². The summed E-state index contributed by atoms with van der Waals surface area (Å²) in [7, 11) is -0.308. The number of hydrogen-bond donors (Lipinski definition) is 2. The van der Waals surface area contributed by atoms with E-state index in [1.807, 2.05) is 31.1 Å². The number of hydrogen-bond acceptors (Lipinski definition) is 4. The standard InChI is InChI=1S/C14H22N2O4S/c1-9(15-21(17,18)19)10-6-7-12-11(8-10)14(2,3)13(20-12)16(4)5/h6-9,13,15H,1-5H3,(H,17,18,19). The summed E-state index contributed by atoms with van der Waals surface area (Å²) in [6.07, 6.45) is -0.0763. The van der Waals surface area contributed by atoms with Crippen molar-refractivity contribution in [2.45, 2.75) is 38.5 Å². The molecule has 0 amide bonds. The Labute approximate surface area is 126 Å². The Balaban J connectivity index is 2.36. The molecule has 1 heterocycles. The summed E-state index contributed by atoms with van der Waals surface area (Å²) in [6.45, 7) is 5.87. The zero-order chi connectivity index (χ0) is 16.0. The van der Waals surface area contributed by atoms with E-state index in [1.54, 1.807) is 13.0 Å². The zero-order valence-electron chi connectivity index (χ0n) is 12.9. The minimum absolute atomic E-state index is 0.0763. The van der Waals surface area contributed by atoms with Crippen LogP contribution in [-0.4, -0.2) is 38.2 Å². The highest BCUT2D eigenvalue weighted by atomic mass is 32.2. The van der Waals surface area contributed by atoms with Gasteiger partial charge in [0.1, 0.15) is 5.75 Å². The first-order valence-corrected chi connectivity index (χ1v) is 8.18. The average molecular weight is 314 g/mol. The van der Waals surface area contributed by atoms with Gasteiger partial charge in [0.25, 0.3) is 0 Å². The molecule has 0 saturated carbocycles. The summed E-state index contributed by atoms with van der Waals surface area (Å²) in [4.78, 5) is 2.01. The number of benzene rings is 1. The van der Waals surface area contributed by atoms with Gasteiger partial charge in [0.2, 0.25) is 0 Å². The molecule has 0 aromatic heterocycles. The Kier molecular flexibility index (Phi) is 4.05. The van der Waals surface area contributed by atoms with Crippen molar-refractivity contribution in [3.05, 3.63) is 29.3 Å². The van der Waals surface area contributed by atoms with Crippen LogP contribution in [0, 0.1) is 0 Å². The molecule has 0 spiro atoms. The molecule has 0 saturated heterocycles. The predicted molar refractivity (Wildman–Crippen MR) is 80.7 cm³/mol. The van der Waals surface area contributed by atoms with Crippen molar-refractivity contribution in [2.75, 3.05) is 14.1 Å². The van der Waals surface area contributed by atoms with Crippen LogP contribution in [0.1, 0.15) is 37.9 Å². The van der Waals surface area contributed by atoms with Crippen molar-refractivity contribution in [3.63, 3.8) is 0 Å². The van der Waals surface area contributed by atoms with Gasteiger partial charge in [0, 0.05) is 17.0 Å². The number of nitrogens with zero attached hydrogens (tertiary/aromatic N) is 1. The SMILES string of the molecule is CC(NS(=O)(=O)O)c1ccc2c(c1)C(C)(C)C(N(C)C)O2. The number of rotatable bonds is 4. The lowest BCUT2D eigenvalue weighted by atomic mass is 9.83. The van der Waals surface area contributed by atoms with E-state index in [9.17, 15) is 8.42 Å². The molecule has 0 radical (unpaired) electrons. The Morgan fingerprint density at radius 3 is 2.52 bits per heavy atom. The minimum Gasteiger partial charge on any atom is -0.474 e. The molecule has 2 atom stereocenters. The lowest BCUT2D eigenvalue weighted by Gasteiger charge is -2.31. The highest BCUT2D eigenvalue weighted by Crippen LogP contribution is 2.44. The van der Waals surface area contributed by atoms with Crippen LogP contribution in [0.5, 0.6) is 5.75 Å². The monoisotopic (exact) mass is 314 g/mol. The van der Waals surface area contributed by atoms with Gasteiger partial charge >= 0.3 is 10.3 Å². The molecular formula is C14H22N2O4S. The first-order chi connectivity index (χ1) is 9.52. The molecule has 1 aliphatic rings. The Morgan fingerprint density at radius 1 is 1.38 bits per heavy atom. The number of likely N-dealkylation sites (N-methyl/N-ethyl adjacent to an activating group) is 1. The third-order valence-electron chi connectivity index (χ3n) is 3.85. The maximum Gasteiger partial charge on any atom is 0.333 e. The van der Waals surface area contributed by atoms with Gasteiger partial charge in [-0.15, -0.1) is 0 Å². The Hall–Kier alpha value is -1.15. The van der Waals surface area contributed by atoms with E-state index >= 15 is 0 Å². The van der Waals surface area contributed by atoms with Crippen LogP contribution in [0.2, 0.25) is 0 Å². The van der Waals surface area contributed by atoms with Gasteiger partial charge in [-0.2, -0.15) is 13.1 Å². The smallest absolute Gasteiger partial charge is 0.333 e. The fraction of sp³-hybridized carbons (Fsp3) is 0.571. The van der Waals surface area contributed by atoms with Gasteiger partial charge < -0.3 is 4.74 Å². The number of nitrogens with one attached hydrogen (secondary N) is 1. The van der Waals surface area contributed by atoms with Crippen molar-refractivity contribution in [1.82, 2.24) is 9.62 Å². The fourth-order valence-corrected chi connectivity index (χ4v) is 3.45. The highest BCUT2D eigenvalue weighted by Gasteiger charge is 2.43. The molecule has 2 unspecified atom stereocenters. The van der Waals surface area contributed by atoms with Crippen molar-refractivity contribution >= 4 is 10.3 Å². The average Bonchev–Trinajstić information content (AvgIpc) is 2.59. The van der Waals surface area contributed by atoms with Crippen molar-refractivity contribution in [1.29, 1.82) is 0 Å². The van der Waals surface area contributed by atoms with Crippen molar-refractivity contribution in [3.8, 4) is 5.75 Å². The van der Waals surface area contributed by atoms with Crippen LogP contribution >= 0.6 is 0 Å². The summed E-state index contributed by atoms with van der Waals surface area (Å²) in [5.74, 6) is 0.807. The highest BCUT2D eigenvalue weighted by molar-refractivity contribution is 7.83. The lowest BCUT2D eigenvalue weighted by molar-refractivity contribution is 0.0337. The zero-order valence-corrected chi connectivity index (χ0v) is 13.7. The molecule has 0 fully saturated rings. The lowest BCUT2D eigenvalue weighted by Crippen LogP contribution is -2.43. The van der Waals surface area contributed by atoms with Gasteiger partial charge in [-0.3, -0.25) is 9.45 Å². The fourth-order valence-electron chi connectivity index (χ4n) is 2.87. The van der Waals surface area contributed by atoms with Crippen LogP contribution in [-0.2, 0) is 15.7 Å². The van der Waals surface area contributed by atoms with Crippen LogP contribution in [0.3, 0.4) is 0 Å². The van der Waals surface area contributed by atoms with Crippen LogP contribution in [0.25, 0.3) is 0 Å². The topological polar surface area (TPSA) is 78.9 Å². The second-order valence-corrected chi connectivity index (χ2v) is 7.41. The number of ether oxygens (including phenoxy) is 1. The van der Waals surface area contributed by atoms with Gasteiger partial charge in [-0.25, -0.2) is 0 Å². The van der Waals surface area contributed by atoms with Crippen molar-refractivity contribution in [2.24, 2.45) is 0 Å². The molecule has 0 aliphatic carbocycles. The molecule has 6 nitrogen and oxygen atoms in total. The summed E-state index contributed by atoms with van der Waals surface area (Å²) in [6, 6.07) is 5.06. The third kappa shape index (κ3) is 3.21. The third-order valence-corrected chi connectivity index (χ3v) is 4.50. The Bertz CT molecular complexity index is 640. The maximum atomic E-state index is 10.9. The summed E-state index contributed by atoms with van der Waals surface area (Å²) in [5, 5.41) is 0. The van der Waals surface area contributed by atoms with Gasteiger partial charge in [0.05, 0.1) is 0 Å². The normalized spacial score (nSPS) is 22.0. The summed E-state index contributed by atoms with van der Waals surface area (Å²) < 4.78 is 38.9. The number of fused-ring (bicyclic) bond motifs is 1. The van der Waals surface area contributed by atoms with Crippen LogP contribution in [0.4, 0.5) is 0 Å². The van der Waals surface area contributed by atoms with E-state index in [2.05, 4.69) is 18.6 Å². The van der Waals surface area contributed by atoms with Crippen LogP contribution in [0.15, 0.2) is 18.2 Å². The summed E-state index contributed by atoms with van der Waals surface area (Å²) >= 11 is 0. The molecule has 0 bridgehead atoms. The molecule has 7 heteroatoms. The predicted octanol–water partition coefficient (Wildman–Crippen LogP) is 1.70. The quantitative estimate of drug-likeness (QED) is 0.827. The van der Waals surface area contributed by atoms with E-state index in [1.165, 1.54) is 0 Å². The van der Waals surface area contributed by atoms with E-state index < -0.39 is 16.3 Å². The molecule has 21 heavy (non-hydrogen) atoms. The first kappa shape index (κ1) is 16.2. The van der Waals surface area contributed by atoms with Gasteiger partial charge in [-0.1, -0.05) is 19.9 Å². The summed E-state index contributed by atoms with van der Waals surface area (Å²) in [5.41, 5.74) is 1.59. The Morgan fingerprint density at radius 2 is 2.00 bits per heavy atom. The van der Waals surface area contributed by atoms with Gasteiger partial charge in [-0.05, 0) is 38.7 Å². The largest absolute Gasteiger partial charge is 0.474 e. The van der Waals surface area contributed by atoms with Gasteiger partial charge in [0.15, 0.2) is 6.23 Å². The van der Waals surface area contributed by atoms with Crippen molar-refractivity contribution < 1.29 is 17.7 Å².